The van der Waals surface area contributed by atoms with Gasteiger partial charge in [0.15, 0.2) is 0 Å². The van der Waals surface area contributed by atoms with Crippen molar-refractivity contribution in [3.63, 3.8) is 0 Å². The number of anilines is 2. The van der Waals surface area contributed by atoms with E-state index in [-0.39, 0.29) is 22.5 Å². The van der Waals surface area contributed by atoms with Crippen molar-refractivity contribution >= 4 is 45.0 Å². The zero-order valence-electron chi connectivity index (χ0n) is 17.5. The standard InChI is InChI=1S/C22H22N4O4S2/c1-26(2)32(29,30)17-12-13-21(23-14-17)31-15-20(27)25-19-11-7-6-10-18(19)22(28)24-16-8-4-3-5-9-16/h3-14H,15H2,1-2H3,(H,24,28)(H,25,27). The Bertz CT molecular complexity index is 1200. The summed E-state index contributed by atoms with van der Waals surface area (Å²) < 4.78 is 25.3. The molecule has 0 atom stereocenters. The van der Waals surface area contributed by atoms with Crippen LogP contribution in [0.5, 0.6) is 0 Å². The van der Waals surface area contributed by atoms with Gasteiger partial charge in [0, 0.05) is 26.0 Å². The van der Waals surface area contributed by atoms with E-state index in [1.54, 1.807) is 42.5 Å². The van der Waals surface area contributed by atoms with E-state index >= 15 is 0 Å². The zero-order chi connectivity index (χ0) is 23.1. The van der Waals surface area contributed by atoms with Crippen LogP contribution in [0.2, 0.25) is 0 Å². The Morgan fingerprint density at radius 3 is 2.28 bits per heavy atom. The second-order valence-corrected chi connectivity index (χ2v) is 9.97. The second-order valence-electron chi connectivity index (χ2n) is 6.82. The molecule has 2 N–H and O–H groups in total. The number of para-hydroxylation sites is 2. The molecule has 32 heavy (non-hydrogen) atoms. The van der Waals surface area contributed by atoms with Gasteiger partial charge in [0.2, 0.25) is 15.9 Å². The van der Waals surface area contributed by atoms with Crippen molar-refractivity contribution < 1.29 is 18.0 Å². The molecule has 0 unspecified atom stereocenters. The van der Waals surface area contributed by atoms with Crippen molar-refractivity contribution in [1.29, 1.82) is 0 Å². The Balaban J connectivity index is 1.62. The maximum absolute atomic E-state index is 12.6. The van der Waals surface area contributed by atoms with Crippen molar-refractivity contribution in [1.82, 2.24) is 9.29 Å². The lowest BCUT2D eigenvalue weighted by Crippen LogP contribution is -2.22. The van der Waals surface area contributed by atoms with Gasteiger partial charge in [-0.15, -0.1) is 0 Å². The third-order valence-corrected chi connectivity index (χ3v) is 7.06. The number of nitrogens with zero attached hydrogens (tertiary/aromatic N) is 2. The first kappa shape index (κ1) is 23.5. The van der Waals surface area contributed by atoms with Gasteiger partial charge in [-0.05, 0) is 36.4 Å². The van der Waals surface area contributed by atoms with E-state index in [0.717, 1.165) is 16.1 Å². The monoisotopic (exact) mass is 470 g/mol. The average molecular weight is 471 g/mol. The summed E-state index contributed by atoms with van der Waals surface area (Å²) in [6, 6.07) is 18.8. The molecule has 3 rings (SSSR count). The van der Waals surface area contributed by atoms with Crippen molar-refractivity contribution in [2.45, 2.75) is 9.92 Å². The van der Waals surface area contributed by atoms with E-state index in [0.29, 0.717) is 22.0 Å². The summed E-state index contributed by atoms with van der Waals surface area (Å²) in [7, 11) is -0.667. The maximum Gasteiger partial charge on any atom is 0.257 e. The van der Waals surface area contributed by atoms with Crippen LogP contribution in [0.4, 0.5) is 11.4 Å². The van der Waals surface area contributed by atoms with Crippen molar-refractivity contribution in [2.24, 2.45) is 0 Å². The third kappa shape index (κ3) is 5.94. The van der Waals surface area contributed by atoms with Crippen LogP contribution >= 0.6 is 11.8 Å². The Morgan fingerprint density at radius 1 is 0.938 bits per heavy atom. The van der Waals surface area contributed by atoms with Crippen LogP contribution in [0.15, 0.2) is 82.8 Å². The van der Waals surface area contributed by atoms with Gasteiger partial charge in [0.25, 0.3) is 5.91 Å². The number of hydrogen-bond donors (Lipinski definition) is 2. The average Bonchev–Trinajstić information content (AvgIpc) is 2.79. The Labute approximate surface area is 191 Å². The molecule has 0 saturated heterocycles. The van der Waals surface area contributed by atoms with Gasteiger partial charge >= 0.3 is 0 Å². The summed E-state index contributed by atoms with van der Waals surface area (Å²) in [4.78, 5) is 29.3. The lowest BCUT2D eigenvalue weighted by atomic mass is 10.1. The number of pyridine rings is 1. The number of nitrogens with one attached hydrogen (secondary N) is 2. The number of amides is 2. The fourth-order valence-corrected chi connectivity index (χ4v) is 4.14. The van der Waals surface area contributed by atoms with E-state index < -0.39 is 10.0 Å². The number of aromatic nitrogens is 1. The number of sulfonamides is 1. The molecule has 10 heteroatoms. The van der Waals surface area contributed by atoms with E-state index in [9.17, 15) is 18.0 Å². The Hall–Kier alpha value is -3.21. The van der Waals surface area contributed by atoms with Crippen LogP contribution in [-0.4, -0.2) is 49.4 Å². The molecule has 0 fully saturated rings. The molecular weight excluding hydrogens is 448 g/mol. The minimum absolute atomic E-state index is 0.0431. The number of carbonyl (C=O) groups is 2. The molecule has 1 heterocycles. The fourth-order valence-electron chi connectivity index (χ4n) is 2.65. The quantitative estimate of drug-likeness (QED) is 0.489. The van der Waals surface area contributed by atoms with E-state index in [1.807, 2.05) is 18.2 Å². The highest BCUT2D eigenvalue weighted by atomic mass is 32.2. The molecule has 0 radical (unpaired) electrons. The first-order valence-electron chi connectivity index (χ1n) is 9.54. The third-order valence-electron chi connectivity index (χ3n) is 4.32. The maximum atomic E-state index is 12.6. The van der Waals surface area contributed by atoms with E-state index in [4.69, 9.17) is 0 Å². The Kier molecular flexibility index (Phi) is 7.62. The molecule has 0 bridgehead atoms. The molecule has 1 aromatic heterocycles. The number of benzene rings is 2. The highest BCUT2D eigenvalue weighted by molar-refractivity contribution is 7.99. The minimum Gasteiger partial charge on any atom is -0.325 e. The lowest BCUT2D eigenvalue weighted by molar-refractivity contribution is -0.113. The first-order valence-corrected chi connectivity index (χ1v) is 12.0. The van der Waals surface area contributed by atoms with Gasteiger partial charge < -0.3 is 10.6 Å². The summed E-state index contributed by atoms with van der Waals surface area (Å²) in [5, 5.41) is 6.05. The van der Waals surface area contributed by atoms with Gasteiger partial charge in [-0.1, -0.05) is 42.1 Å². The van der Waals surface area contributed by atoms with Crippen LogP contribution < -0.4 is 10.6 Å². The SMILES string of the molecule is CN(C)S(=O)(=O)c1ccc(SCC(=O)Nc2ccccc2C(=O)Nc2ccccc2)nc1. The van der Waals surface area contributed by atoms with Gasteiger partial charge in [0.05, 0.1) is 22.0 Å². The summed E-state index contributed by atoms with van der Waals surface area (Å²) in [5.74, 6) is -0.609. The molecule has 0 aliphatic heterocycles. The number of carbonyl (C=O) groups excluding carboxylic acids is 2. The summed E-state index contributed by atoms with van der Waals surface area (Å²) in [5.41, 5.74) is 1.39. The minimum atomic E-state index is -3.56. The van der Waals surface area contributed by atoms with Crippen LogP contribution in [0.1, 0.15) is 10.4 Å². The van der Waals surface area contributed by atoms with Crippen LogP contribution in [0.3, 0.4) is 0 Å². The zero-order valence-corrected chi connectivity index (χ0v) is 19.1. The summed E-state index contributed by atoms with van der Waals surface area (Å²) >= 11 is 1.16. The molecule has 2 aromatic carbocycles. The van der Waals surface area contributed by atoms with Crippen molar-refractivity contribution in [3.05, 3.63) is 78.5 Å². The molecule has 8 nitrogen and oxygen atoms in total. The lowest BCUT2D eigenvalue weighted by Gasteiger charge is -2.12. The molecule has 0 aliphatic carbocycles. The molecular formula is C22H22N4O4S2. The summed E-state index contributed by atoms with van der Waals surface area (Å²) in [6.45, 7) is 0. The predicted octanol–water partition coefficient (Wildman–Crippen LogP) is 3.32. The first-order chi connectivity index (χ1) is 15.3. The smallest absolute Gasteiger partial charge is 0.257 e. The fraction of sp³-hybridized carbons (Fsp3) is 0.136. The molecule has 2 amide bonds. The number of hydrogen-bond acceptors (Lipinski definition) is 6. The van der Waals surface area contributed by atoms with E-state index in [1.165, 1.54) is 26.4 Å². The van der Waals surface area contributed by atoms with Crippen molar-refractivity contribution in [2.75, 3.05) is 30.5 Å². The second kappa shape index (κ2) is 10.4. The van der Waals surface area contributed by atoms with Gasteiger partial charge in [-0.2, -0.15) is 0 Å². The van der Waals surface area contributed by atoms with Gasteiger partial charge in [-0.25, -0.2) is 17.7 Å². The molecule has 0 aliphatic rings. The van der Waals surface area contributed by atoms with Crippen LogP contribution in [0.25, 0.3) is 0 Å². The largest absolute Gasteiger partial charge is 0.325 e. The van der Waals surface area contributed by atoms with Gasteiger partial charge in [-0.3, -0.25) is 9.59 Å². The Morgan fingerprint density at radius 2 is 1.62 bits per heavy atom. The highest BCUT2D eigenvalue weighted by Crippen LogP contribution is 2.21. The van der Waals surface area contributed by atoms with E-state index in [2.05, 4.69) is 15.6 Å². The van der Waals surface area contributed by atoms with Gasteiger partial charge in [0.1, 0.15) is 4.90 Å². The predicted molar refractivity (Wildman–Crippen MR) is 125 cm³/mol. The van der Waals surface area contributed by atoms with Crippen molar-refractivity contribution in [3.8, 4) is 0 Å². The topological polar surface area (TPSA) is 108 Å². The normalized spacial score (nSPS) is 11.2. The molecule has 3 aromatic rings. The molecule has 0 spiro atoms. The summed E-state index contributed by atoms with van der Waals surface area (Å²) in [6.07, 6.45) is 1.26. The number of thioether (sulfide) groups is 1. The molecule has 0 saturated carbocycles. The molecule has 166 valence electrons. The van der Waals surface area contributed by atoms with Crippen LogP contribution in [-0.2, 0) is 14.8 Å². The van der Waals surface area contributed by atoms with Crippen LogP contribution in [0, 0.1) is 0 Å². The highest BCUT2D eigenvalue weighted by Gasteiger charge is 2.18. The number of rotatable bonds is 8.